The van der Waals surface area contributed by atoms with E-state index in [2.05, 4.69) is 5.32 Å². The van der Waals surface area contributed by atoms with E-state index in [4.69, 9.17) is 14.2 Å². The first kappa shape index (κ1) is 16.7. The highest BCUT2D eigenvalue weighted by atomic mass is 16.5. The van der Waals surface area contributed by atoms with Gasteiger partial charge in [-0.1, -0.05) is 12.1 Å². The van der Waals surface area contributed by atoms with Crippen molar-refractivity contribution in [3.63, 3.8) is 0 Å². The molecular weight excluding hydrogens is 294 g/mol. The third-order valence-corrected chi connectivity index (χ3v) is 3.30. The zero-order valence-corrected chi connectivity index (χ0v) is 13.6. The molecular formula is C18H21NO4. The normalized spacial score (nSPS) is 10.0. The number of rotatable bonds is 7. The molecule has 1 N–H and O–H groups in total. The molecule has 0 aliphatic carbocycles. The number of ether oxygens (including phenoxy) is 3. The van der Waals surface area contributed by atoms with E-state index < -0.39 is 0 Å². The molecule has 0 atom stereocenters. The lowest BCUT2D eigenvalue weighted by Gasteiger charge is -2.12. The molecule has 0 aliphatic heterocycles. The van der Waals surface area contributed by atoms with Gasteiger partial charge in [-0.3, -0.25) is 4.79 Å². The molecule has 0 bridgehead atoms. The van der Waals surface area contributed by atoms with Gasteiger partial charge in [0.25, 0.3) is 5.91 Å². The molecule has 0 radical (unpaired) electrons. The molecule has 0 unspecified atom stereocenters. The summed E-state index contributed by atoms with van der Waals surface area (Å²) in [5.41, 5.74) is 1.65. The van der Waals surface area contributed by atoms with Crippen molar-refractivity contribution in [3.8, 4) is 17.2 Å². The van der Waals surface area contributed by atoms with Crippen molar-refractivity contribution in [2.75, 3.05) is 27.4 Å². The molecule has 0 aliphatic rings. The second-order valence-electron chi connectivity index (χ2n) is 4.99. The Kier molecular flexibility index (Phi) is 5.86. The third kappa shape index (κ3) is 4.64. The minimum atomic E-state index is -0.164. The first-order valence-electron chi connectivity index (χ1n) is 7.33. The number of carbonyl (C=O) groups is 1. The van der Waals surface area contributed by atoms with E-state index in [0.29, 0.717) is 36.0 Å². The summed E-state index contributed by atoms with van der Waals surface area (Å²) < 4.78 is 16.0. The minimum Gasteiger partial charge on any atom is -0.497 e. The molecule has 0 aromatic heterocycles. The van der Waals surface area contributed by atoms with Crippen molar-refractivity contribution < 1.29 is 19.0 Å². The van der Waals surface area contributed by atoms with Crippen LogP contribution in [0.15, 0.2) is 42.5 Å². The predicted molar refractivity (Wildman–Crippen MR) is 88.6 cm³/mol. The summed E-state index contributed by atoms with van der Waals surface area (Å²) in [4.78, 5) is 12.0. The fourth-order valence-corrected chi connectivity index (χ4v) is 2.09. The van der Waals surface area contributed by atoms with E-state index in [9.17, 15) is 4.79 Å². The summed E-state index contributed by atoms with van der Waals surface area (Å²) in [7, 11) is 3.17. The number of methoxy groups -OCH3 is 2. The fourth-order valence-electron chi connectivity index (χ4n) is 2.09. The molecule has 0 spiro atoms. The van der Waals surface area contributed by atoms with Crippen LogP contribution >= 0.6 is 0 Å². The van der Waals surface area contributed by atoms with Crippen molar-refractivity contribution in [1.82, 2.24) is 5.32 Å². The molecule has 2 rings (SSSR count). The highest BCUT2D eigenvalue weighted by Gasteiger charge is 2.07. The maximum absolute atomic E-state index is 12.0. The Morgan fingerprint density at radius 1 is 1.04 bits per heavy atom. The van der Waals surface area contributed by atoms with Crippen LogP contribution in [0.25, 0.3) is 0 Å². The summed E-state index contributed by atoms with van der Waals surface area (Å²) in [6.45, 7) is 2.74. The van der Waals surface area contributed by atoms with E-state index >= 15 is 0 Å². The van der Waals surface area contributed by atoms with E-state index in [-0.39, 0.29) is 5.91 Å². The van der Waals surface area contributed by atoms with Gasteiger partial charge in [0.1, 0.15) is 12.4 Å². The Morgan fingerprint density at radius 2 is 1.87 bits per heavy atom. The Labute approximate surface area is 136 Å². The molecule has 0 heterocycles. The van der Waals surface area contributed by atoms with Crippen LogP contribution in [0.2, 0.25) is 0 Å². The van der Waals surface area contributed by atoms with Crippen molar-refractivity contribution in [2.45, 2.75) is 6.92 Å². The number of carbonyl (C=O) groups excluding carboxylic acids is 1. The smallest absolute Gasteiger partial charge is 0.251 e. The molecule has 122 valence electrons. The number of hydrogen-bond donors (Lipinski definition) is 1. The first-order valence-corrected chi connectivity index (χ1v) is 7.33. The largest absolute Gasteiger partial charge is 0.497 e. The van der Waals surface area contributed by atoms with Gasteiger partial charge >= 0.3 is 0 Å². The van der Waals surface area contributed by atoms with Crippen LogP contribution in [0.3, 0.4) is 0 Å². The summed E-state index contributed by atoms with van der Waals surface area (Å²) >= 11 is 0. The highest BCUT2D eigenvalue weighted by Crippen LogP contribution is 2.27. The lowest BCUT2D eigenvalue weighted by atomic mass is 10.2. The van der Waals surface area contributed by atoms with Gasteiger partial charge in [-0.15, -0.1) is 0 Å². The zero-order chi connectivity index (χ0) is 16.7. The first-order chi connectivity index (χ1) is 11.1. The lowest BCUT2D eigenvalue weighted by Crippen LogP contribution is -2.28. The second-order valence-corrected chi connectivity index (χ2v) is 4.99. The molecule has 2 aromatic rings. The van der Waals surface area contributed by atoms with Gasteiger partial charge in [-0.05, 0) is 42.8 Å². The molecule has 0 saturated heterocycles. The van der Waals surface area contributed by atoms with Gasteiger partial charge < -0.3 is 19.5 Å². The molecule has 23 heavy (non-hydrogen) atoms. The Bertz CT molecular complexity index is 670. The van der Waals surface area contributed by atoms with Crippen molar-refractivity contribution in [3.05, 3.63) is 53.6 Å². The summed E-state index contributed by atoms with van der Waals surface area (Å²) in [6.07, 6.45) is 0. The predicted octanol–water partition coefficient (Wildman–Crippen LogP) is 2.82. The van der Waals surface area contributed by atoms with Crippen LogP contribution in [0.5, 0.6) is 17.2 Å². The summed E-state index contributed by atoms with van der Waals surface area (Å²) in [5.74, 6) is 1.83. The van der Waals surface area contributed by atoms with E-state index in [1.165, 1.54) is 0 Å². The van der Waals surface area contributed by atoms with Gasteiger partial charge in [0, 0.05) is 5.56 Å². The zero-order valence-electron chi connectivity index (χ0n) is 13.6. The van der Waals surface area contributed by atoms with Crippen LogP contribution in [0, 0.1) is 6.92 Å². The molecule has 1 amide bonds. The third-order valence-electron chi connectivity index (χ3n) is 3.30. The SMILES string of the molecule is COc1cccc(C(=O)NCCOc2ccc(C)cc2OC)c1. The lowest BCUT2D eigenvalue weighted by molar-refractivity contribution is 0.0946. The topological polar surface area (TPSA) is 56.8 Å². The fraction of sp³-hybridized carbons (Fsp3) is 0.278. The average Bonchev–Trinajstić information content (AvgIpc) is 2.59. The van der Waals surface area contributed by atoms with Crippen LogP contribution in [-0.4, -0.2) is 33.3 Å². The Balaban J connectivity index is 1.84. The Hall–Kier alpha value is -2.69. The Morgan fingerprint density at radius 3 is 2.61 bits per heavy atom. The molecule has 2 aromatic carbocycles. The van der Waals surface area contributed by atoms with Crippen LogP contribution < -0.4 is 19.5 Å². The molecule has 0 saturated carbocycles. The summed E-state index contributed by atoms with van der Waals surface area (Å²) in [5, 5.41) is 2.81. The van der Waals surface area contributed by atoms with Crippen LogP contribution in [0.4, 0.5) is 0 Å². The number of hydrogen-bond acceptors (Lipinski definition) is 4. The van der Waals surface area contributed by atoms with Gasteiger partial charge in [-0.25, -0.2) is 0 Å². The number of amides is 1. The highest BCUT2D eigenvalue weighted by molar-refractivity contribution is 5.94. The minimum absolute atomic E-state index is 0.164. The second kappa shape index (κ2) is 8.08. The van der Waals surface area contributed by atoms with Gasteiger partial charge in [-0.2, -0.15) is 0 Å². The number of nitrogens with one attached hydrogen (secondary N) is 1. The monoisotopic (exact) mass is 315 g/mol. The quantitative estimate of drug-likeness (QED) is 0.798. The van der Waals surface area contributed by atoms with E-state index in [1.807, 2.05) is 25.1 Å². The van der Waals surface area contributed by atoms with Gasteiger partial charge in [0.2, 0.25) is 0 Å². The summed E-state index contributed by atoms with van der Waals surface area (Å²) in [6, 6.07) is 12.7. The van der Waals surface area contributed by atoms with Crippen molar-refractivity contribution >= 4 is 5.91 Å². The van der Waals surface area contributed by atoms with E-state index in [0.717, 1.165) is 5.56 Å². The van der Waals surface area contributed by atoms with Crippen LogP contribution in [-0.2, 0) is 0 Å². The van der Waals surface area contributed by atoms with Crippen LogP contribution in [0.1, 0.15) is 15.9 Å². The molecule has 0 fully saturated rings. The van der Waals surface area contributed by atoms with Gasteiger partial charge in [0.15, 0.2) is 11.5 Å². The van der Waals surface area contributed by atoms with E-state index in [1.54, 1.807) is 38.5 Å². The van der Waals surface area contributed by atoms with Crippen molar-refractivity contribution in [2.24, 2.45) is 0 Å². The maximum atomic E-state index is 12.0. The molecule has 5 heteroatoms. The standard InChI is InChI=1S/C18H21NO4/c1-13-7-8-16(17(11-13)22-3)23-10-9-19-18(20)14-5-4-6-15(12-14)21-2/h4-8,11-12H,9-10H2,1-3H3,(H,19,20). The maximum Gasteiger partial charge on any atom is 0.251 e. The average molecular weight is 315 g/mol. The number of benzene rings is 2. The van der Waals surface area contributed by atoms with Crippen molar-refractivity contribution in [1.29, 1.82) is 0 Å². The number of aryl methyl sites for hydroxylation is 1. The molecule has 5 nitrogen and oxygen atoms in total. The van der Waals surface area contributed by atoms with Gasteiger partial charge in [0.05, 0.1) is 20.8 Å².